The molecule has 0 saturated heterocycles. The van der Waals surface area contributed by atoms with E-state index < -0.39 is 25.8 Å². The number of allylic oxidation sites excluding steroid dienone is 1. The van der Waals surface area contributed by atoms with Crippen LogP contribution in [-0.4, -0.2) is 0 Å². The molecule has 0 fully saturated rings. The van der Waals surface area contributed by atoms with Gasteiger partial charge >= 0.3 is 85.6 Å². The summed E-state index contributed by atoms with van der Waals surface area (Å²) in [6.45, 7) is 1.66. The molecule has 0 spiro atoms. The molecule has 0 N–H and O–H groups in total. The van der Waals surface area contributed by atoms with Crippen molar-refractivity contribution < 1.29 is 28.0 Å². The van der Waals surface area contributed by atoms with Gasteiger partial charge < -0.3 is 0 Å². The van der Waals surface area contributed by atoms with Gasteiger partial charge in [0.25, 0.3) is 0 Å². The van der Waals surface area contributed by atoms with E-state index in [1.54, 1.807) is 13.0 Å². The predicted molar refractivity (Wildman–Crippen MR) is 45.0 cm³/mol. The van der Waals surface area contributed by atoms with E-state index in [1.165, 1.54) is 0 Å². The Labute approximate surface area is 85.5 Å². The van der Waals surface area contributed by atoms with Crippen molar-refractivity contribution in [3.63, 3.8) is 0 Å². The molecule has 1 aliphatic rings. The van der Waals surface area contributed by atoms with Crippen LogP contribution in [0.15, 0.2) is 30.3 Å². The van der Waals surface area contributed by atoms with Gasteiger partial charge in [0.2, 0.25) is 0 Å². The molecule has 0 nitrogen and oxygen atoms in total. The zero-order valence-corrected chi connectivity index (χ0v) is 10.8. The monoisotopic (exact) mass is 347 g/mol. The van der Waals surface area contributed by atoms with Gasteiger partial charge in [-0.25, -0.2) is 0 Å². The first kappa shape index (κ1) is 9.25. The van der Waals surface area contributed by atoms with Crippen molar-refractivity contribution in [3.05, 3.63) is 41.5 Å². The number of rotatable bonds is 1. The minimum atomic E-state index is -4.37. The predicted octanol–water partition coefficient (Wildman–Crippen LogP) is 3.32. The summed E-state index contributed by atoms with van der Waals surface area (Å²) in [5.74, 6) is 0. The van der Waals surface area contributed by atoms with Gasteiger partial charge in [0.05, 0.1) is 0 Å². The quantitative estimate of drug-likeness (QED) is 0.685. The summed E-state index contributed by atoms with van der Waals surface area (Å²) in [7, 11) is 0. The second kappa shape index (κ2) is 3.12. The van der Waals surface area contributed by atoms with Crippen LogP contribution in [0, 0.1) is 0 Å². The van der Waals surface area contributed by atoms with Gasteiger partial charge in [0.15, 0.2) is 0 Å². The van der Waals surface area contributed by atoms with Crippen LogP contribution in [0.3, 0.4) is 0 Å². The van der Waals surface area contributed by atoms with Gasteiger partial charge in [-0.2, -0.15) is 0 Å². The third-order valence-electron chi connectivity index (χ3n) is 2.51. The maximum absolute atomic E-state index is 13.0. The van der Waals surface area contributed by atoms with Crippen LogP contribution in [0.5, 0.6) is 0 Å². The van der Waals surface area contributed by atoms with Crippen LogP contribution >= 0.6 is 0 Å². The van der Waals surface area contributed by atoms with E-state index in [9.17, 15) is 5.33 Å². The van der Waals surface area contributed by atoms with Crippen LogP contribution in [0.2, 0.25) is 0 Å². The van der Waals surface area contributed by atoms with E-state index in [2.05, 4.69) is 0 Å². The molecule has 0 aromatic heterocycles. The van der Waals surface area contributed by atoms with Gasteiger partial charge in [0.1, 0.15) is 0 Å². The van der Waals surface area contributed by atoms with Crippen molar-refractivity contribution in [2.24, 2.45) is 0 Å². The van der Waals surface area contributed by atoms with Crippen LogP contribution < -0.4 is 0 Å². The minimum absolute atomic E-state index is 0.822. The van der Waals surface area contributed by atoms with Crippen molar-refractivity contribution in [1.29, 1.82) is 0 Å². The summed E-state index contributed by atoms with van der Waals surface area (Å²) < 4.78 is 25.1. The molecule has 67 valence electrons. The molecule has 1 atom stereocenters. The van der Waals surface area contributed by atoms with Crippen LogP contribution in [0.4, 0.5) is 5.33 Å². The zero-order valence-electron chi connectivity index (χ0n) is 7.22. The maximum atomic E-state index is 13.0. The van der Waals surface area contributed by atoms with Gasteiger partial charge in [-0.05, 0) is 0 Å². The van der Waals surface area contributed by atoms with E-state index in [-0.39, 0.29) is 0 Å². The van der Waals surface area contributed by atoms with Crippen molar-refractivity contribution in [1.82, 2.24) is 0 Å². The fourth-order valence-electron chi connectivity index (χ4n) is 1.63. The second-order valence-corrected chi connectivity index (χ2v) is 8.99. The molecule has 1 aliphatic carbocycles. The molecule has 0 saturated carbocycles. The molecular formula is C10H9F2Hf. The van der Waals surface area contributed by atoms with Gasteiger partial charge in [-0.1, -0.05) is 0 Å². The number of hydrogen-bond acceptors (Lipinski definition) is 0. The van der Waals surface area contributed by atoms with E-state index >= 15 is 0 Å². The SMILES string of the molecule is C[C]1([Hf]([F])[F])C=Cc2ccccc21. The van der Waals surface area contributed by atoms with Crippen molar-refractivity contribution in [2.45, 2.75) is 10.1 Å². The van der Waals surface area contributed by atoms with E-state index in [1.807, 2.05) is 30.3 Å². The molecule has 0 bridgehead atoms. The van der Waals surface area contributed by atoms with Gasteiger partial charge in [-0.15, -0.1) is 0 Å². The number of benzene rings is 1. The van der Waals surface area contributed by atoms with Crippen molar-refractivity contribution in [2.75, 3.05) is 0 Å². The summed E-state index contributed by atoms with van der Waals surface area (Å²) in [4.78, 5) is 0. The molecule has 3 heteroatoms. The molecule has 13 heavy (non-hydrogen) atoms. The fourth-order valence-corrected chi connectivity index (χ4v) is 3.93. The first-order valence-corrected chi connectivity index (χ1v) is 8.63. The van der Waals surface area contributed by atoms with Gasteiger partial charge in [-0.3, -0.25) is 0 Å². The summed E-state index contributed by atoms with van der Waals surface area (Å²) in [5, 5.41) is 0. The first-order valence-electron chi connectivity index (χ1n) is 4.12. The van der Waals surface area contributed by atoms with E-state index in [0.29, 0.717) is 0 Å². The van der Waals surface area contributed by atoms with Crippen molar-refractivity contribution in [3.8, 4) is 0 Å². The molecule has 0 heterocycles. The topological polar surface area (TPSA) is 0 Å². The van der Waals surface area contributed by atoms with Crippen LogP contribution in [0.25, 0.3) is 6.08 Å². The molecule has 0 amide bonds. The Hall–Kier alpha value is -0.310. The Morgan fingerprint density at radius 3 is 2.62 bits per heavy atom. The third kappa shape index (κ3) is 1.33. The second-order valence-electron chi connectivity index (χ2n) is 3.38. The molecule has 0 aliphatic heterocycles. The summed E-state index contributed by atoms with van der Waals surface area (Å²) >= 11 is -4.37. The Balaban J connectivity index is 2.55. The fraction of sp³-hybridized carbons (Fsp3) is 0.200. The summed E-state index contributed by atoms with van der Waals surface area (Å²) in [5.41, 5.74) is 1.78. The molecule has 1 unspecified atom stereocenters. The van der Waals surface area contributed by atoms with Crippen LogP contribution in [-0.2, 0) is 25.8 Å². The first-order chi connectivity index (χ1) is 6.14. The molecule has 2 rings (SSSR count). The zero-order chi connectivity index (χ0) is 9.47. The third-order valence-corrected chi connectivity index (χ3v) is 6.90. The normalized spacial score (nSPS) is 24.5. The van der Waals surface area contributed by atoms with E-state index in [0.717, 1.165) is 11.1 Å². The Bertz CT molecular complexity index is 360. The molecular weight excluding hydrogens is 337 g/mol. The van der Waals surface area contributed by atoms with Crippen molar-refractivity contribution >= 4 is 6.08 Å². The Morgan fingerprint density at radius 2 is 1.92 bits per heavy atom. The average Bonchev–Trinajstić information content (AvgIpc) is 2.47. The Morgan fingerprint density at radius 1 is 1.23 bits per heavy atom. The molecule has 1 aromatic rings. The van der Waals surface area contributed by atoms with Crippen LogP contribution in [0.1, 0.15) is 18.1 Å². The Kier molecular flexibility index (Phi) is 2.22. The summed E-state index contributed by atoms with van der Waals surface area (Å²) in [6, 6.07) is 7.43. The van der Waals surface area contributed by atoms with E-state index in [4.69, 9.17) is 0 Å². The van der Waals surface area contributed by atoms with Gasteiger partial charge in [0, 0.05) is 0 Å². The summed E-state index contributed by atoms with van der Waals surface area (Å²) in [6.07, 6.45) is 3.50. The number of hydrogen-bond donors (Lipinski definition) is 0. The number of halogens is 2. The average molecular weight is 346 g/mol. The molecule has 1 aromatic carbocycles. The number of fused-ring (bicyclic) bond motifs is 1. The standard InChI is InChI=1S/C10H9.2FH.Hf/c1-8-6-7-9-4-2-3-5-10(8)9;;;/h2-7H,1H3;2*1H;/q;;;+2/p-2. The molecule has 0 radical (unpaired) electrons.